The molecule has 0 aliphatic carbocycles. The van der Waals surface area contributed by atoms with E-state index in [1.807, 2.05) is 44.2 Å². The first-order chi connectivity index (χ1) is 11.6. The topological polar surface area (TPSA) is 82.1 Å². The van der Waals surface area contributed by atoms with Crippen molar-refractivity contribution in [2.45, 2.75) is 39.9 Å². The summed E-state index contributed by atoms with van der Waals surface area (Å²) in [6, 6.07) is 9.29. The lowest BCUT2D eigenvalue weighted by Crippen LogP contribution is -2.32. The van der Waals surface area contributed by atoms with E-state index in [0.29, 0.717) is 12.3 Å². The molecule has 0 atom stereocenters. The Bertz CT molecular complexity index is 919. The number of carbonyl (C=O) groups excluding carboxylic acids is 1. The number of fused-ring (bicyclic) bond motifs is 1. The molecule has 0 saturated heterocycles. The van der Waals surface area contributed by atoms with Crippen LogP contribution in [0.4, 0.5) is 0 Å². The zero-order chi connectivity index (χ0) is 17.1. The Hall–Kier alpha value is -2.83. The van der Waals surface area contributed by atoms with Gasteiger partial charge in [0.05, 0.1) is 23.3 Å². The normalized spacial score (nSPS) is 11.1. The third kappa shape index (κ3) is 2.97. The van der Waals surface area contributed by atoms with E-state index >= 15 is 0 Å². The van der Waals surface area contributed by atoms with Crippen molar-refractivity contribution >= 4 is 16.9 Å². The molecule has 3 aromatic rings. The van der Waals surface area contributed by atoms with E-state index in [4.69, 9.17) is 4.52 Å². The van der Waals surface area contributed by atoms with Crippen LogP contribution in [0.1, 0.15) is 25.3 Å². The largest absolute Gasteiger partial charge is 0.359 e. The summed E-state index contributed by atoms with van der Waals surface area (Å²) in [6.07, 6.45) is 0.781. The molecule has 24 heavy (non-hydrogen) atoms. The molecule has 1 amide bonds. The average molecular weight is 328 g/mol. The van der Waals surface area contributed by atoms with Gasteiger partial charge in [0.15, 0.2) is 5.76 Å². The van der Waals surface area contributed by atoms with Gasteiger partial charge in [-0.3, -0.25) is 13.9 Å². The van der Waals surface area contributed by atoms with Crippen LogP contribution in [0.25, 0.3) is 11.0 Å². The lowest BCUT2D eigenvalue weighted by Gasteiger charge is -2.04. The summed E-state index contributed by atoms with van der Waals surface area (Å²) in [6.45, 7) is 4.68. The number of amides is 1. The summed E-state index contributed by atoms with van der Waals surface area (Å²) >= 11 is 0. The van der Waals surface area contributed by atoms with Gasteiger partial charge in [-0.05, 0) is 25.5 Å². The second kappa shape index (κ2) is 6.74. The minimum atomic E-state index is -0.245. The number of hydrogen-bond acceptors (Lipinski definition) is 4. The highest BCUT2D eigenvalue weighted by Gasteiger charge is 2.14. The summed E-state index contributed by atoms with van der Waals surface area (Å²) in [4.78, 5) is 24.7. The third-order valence-electron chi connectivity index (χ3n) is 3.97. The summed E-state index contributed by atoms with van der Waals surface area (Å²) in [5, 5.41) is 6.64. The molecule has 3 rings (SSSR count). The van der Waals surface area contributed by atoms with E-state index in [2.05, 4.69) is 10.5 Å². The maximum Gasteiger partial charge on any atom is 0.329 e. The molecule has 2 heterocycles. The number of rotatable bonds is 6. The Balaban J connectivity index is 1.76. The first-order valence-corrected chi connectivity index (χ1v) is 8.03. The SMILES string of the molecule is CCc1cc(CNC(=O)Cn2c(=O)n(CC)c3ccccc32)on1. The van der Waals surface area contributed by atoms with Crippen molar-refractivity contribution in [3.05, 3.63) is 52.3 Å². The van der Waals surface area contributed by atoms with Crippen molar-refractivity contribution in [1.29, 1.82) is 0 Å². The van der Waals surface area contributed by atoms with Crippen LogP contribution in [-0.4, -0.2) is 20.2 Å². The van der Waals surface area contributed by atoms with Crippen molar-refractivity contribution in [2.24, 2.45) is 0 Å². The van der Waals surface area contributed by atoms with Crippen LogP contribution in [0.15, 0.2) is 39.6 Å². The lowest BCUT2D eigenvalue weighted by molar-refractivity contribution is -0.121. The van der Waals surface area contributed by atoms with Crippen LogP contribution in [0.5, 0.6) is 0 Å². The maximum atomic E-state index is 12.5. The molecular formula is C17H20N4O3. The number of imidazole rings is 1. The van der Waals surface area contributed by atoms with Crippen molar-refractivity contribution in [3.63, 3.8) is 0 Å². The number of aromatic nitrogens is 3. The fourth-order valence-corrected chi connectivity index (χ4v) is 2.72. The molecule has 0 saturated carbocycles. The van der Waals surface area contributed by atoms with Crippen LogP contribution in [0, 0.1) is 0 Å². The molecule has 0 radical (unpaired) electrons. The summed E-state index contributed by atoms with van der Waals surface area (Å²) in [5.41, 5.74) is 2.26. The van der Waals surface area contributed by atoms with Crippen LogP contribution in [-0.2, 0) is 30.8 Å². The molecule has 0 spiro atoms. The Morgan fingerprint density at radius 1 is 1.21 bits per heavy atom. The molecule has 7 nitrogen and oxygen atoms in total. The highest BCUT2D eigenvalue weighted by molar-refractivity contribution is 5.80. The van der Waals surface area contributed by atoms with E-state index in [9.17, 15) is 9.59 Å². The van der Waals surface area contributed by atoms with E-state index in [0.717, 1.165) is 23.1 Å². The minimum Gasteiger partial charge on any atom is -0.359 e. The standard InChI is InChI=1S/C17H20N4O3/c1-3-12-9-13(24-19-12)10-18-16(22)11-21-15-8-6-5-7-14(15)20(4-2)17(21)23/h5-9H,3-4,10-11H2,1-2H3,(H,18,22). The van der Waals surface area contributed by atoms with Crippen LogP contribution in [0.2, 0.25) is 0 Å². The number of aryl methyl sites for hydroxylation is 2. The van der Waals surface area contributed by atoms with Gasteiger partial charge in [0.2, 0.25) is 5.91 Å². The van der Waals surface area contributed by atoms with Crippen LogP contribution >= 0.6 is 0 Å². The Labute approximate surface area is 138 Å². The molecule has 1 N–H and O–H groups in total. The zero-order valence-corrected chi connectivity index (χ0v) is 13.8. The van der Waals surface area contributed by atoms with E-state index < -0.39 is 0 Å². The quantitative estimate of drug-likeness (QED) is 0.746. The van der Waals surface area contributed by atoms with Crippen molar-refractivity contribution < 1.29 is 9.32 Å². The molecule has 0 aliphatic rings. The van der Waals surface area contributed by atoms with E-state index in [1.165, 1.54) is 4.57 Å². The zero-order valence-electron chi connectivity index (χ0n) is 13.8. The molecule has 0 aliphatic heterocycles. The van der Waals surface area contributed by atoms with Gasteiger partial charge in [-0.25, -0.2) is 4.79 Å². The van der Waals surface area contributed by atoms with Gasteiger partial charge in [-0.2, -0.15) is 0 Å². The second-order valence-electron chi connectivity index (χ2n) is 5.52. The monoisotopic (exact) mass is 328 g/mol. The molecule has 7 heteroatoms. The molecule has 2 aromatic heterocycles. The molecule has 126 valence electrons. The highest BCUT2D eigenvalue weighted by atomic mass is 16.5. The number of nitrogens with zero attached hydrogens (tertiary/aromatic N) is 3. The number of benzene rings is 1. The predicted molar refractivity (Wildman–Crippen MR) is 89.6 cm³/mol. The summed E-state index contributed by atoms with van der Waals surface area (Å²) in [7, 11) is 0. The van der Waals surface area contributed by atoms with Crippen LogP contribution < -0.4 is 11.0 Å². The molecular weight excluding hydrogens is 308 g/mol. The molecule has 0 bridgehead atoms. The smallest absolute Gasteiger partial charge is 0.329 e. The average Bonchev–Trinajstić information content (AvgIpc) is 3.16. The van der Waals surface area contributed by atoms with Gasteiger partial charge in [0.25, 0.3) is 0 Å². The van der Waals surface area contributed by atoms with Gasteiger partial charge in [0.1, 0.15) is 6.54 Å². The number of hydrogen-bond donors (Lipinski definition) is 1. The maximum absolute atomic E-state index is 12.5. The number of para-hydroxylation sites is 2. The second-order valence-corrected chi connectivity index (χ2v) is 5.52. The lowest BCUT2D eigenvalue weighted by atomic mass is 10.3. The number of carbonyl (C=O) groups is 1. The molecule has 0 fully saturated rings. The third-order valence-corrected chi connectivity index (χ3v) is 3.97. The van der Waals surface area contributed by atoms with Gasteiger partial charge < -0.3 is 9.84 Å². The van der Waals surface area contributed by atoms with Gasteiger partial charge in [-0.1, -0.05) is 24.2 Å². The molecule has 1 aromatic carbocycles. The first-order valence-electron chi connectivity index (χ1n) is 8.03. The van der Waals surface area contributed by atoms with Crippen molar-refractivity contribution in [1.82, 2.24) is 19.6 Å². The highest BCUT2D eigenvalue weighted by Crippen LogP contribution is 2.12. The Kier molecular flexibility index (Phi) is 4.50. The van der Waals surface area contributed by atoms with Crippen molar-refractivity contribution in [3.8, 4) is 0 Å². The summed E-state index contributed by atoms with van der Waals surface area (Å²) < 4.78 is 8.29. The van der Waals surface area contributed by atoms with E-state index in [-0.39, 0.29) is 24.7 Å². The first kappa shape index (κ1) is 16.0. The number of nitrogens with one attached hydrogen (secondary N) is 1. The van der Waals surface area contributed by atoms with E-state index in [1.54, 1.807) is 4.57 Å². The van der Waals surface area contributed by atoms with Gasteiger partial charge >= 0.3 is 5.69 Å². The van der Waals surface area contributed by atoms with Gasteiger partial charge in [-0.15, -0.1) is 0 Å². The molecule has 0 unspecified atom stereocenters. The summed E-state index contributed by atoms with van der Waals surface area (Å²) in [5.74, 6) is 0.356. The Morgan fingerprint density at radius 3 is 2.54 bits per heavy atom. The predicted octanol–water partition coefficient (Wildman–Crippen LogP) is 1.69. The van der Waals surface area contributed by atoms with Gasteiger partial charge in [0, 0.05) is 12.6 Å². The van der Waals surface area contributed by atoms with Crippen LogP contribution in [0.3, 0.4) is 0 Å². The minimum absolute atomic E-state index is 0.0267. The van der Waals surface area contributed by atoms with Crippen molar-refractivity contribution in [2.75, 3.05) is 0 Å². The Morgan fingerprint density at radius 2 is 1.92 bits per heavy atom. The fourth-order valence-electron chi connectivity index (χ4n) is 2.72. The fraction of sp³-hybridized carbons (Fsp3) is 0.353.